The summed E-state index contributed by atoms with van der Waals surface area (Å²) in [6.07, 6.45) is 5.94. The van der Waals surface area contributed by atoms with Crippen molar-refractivity contribution in [2.45, 2.75) is 84.0 Å². The van der Waals surface area contributed by atoms with E-state index in [1.54, 1.807) is 36.5 Å². The smallest absolute Gasteiger partial charge is 0.268 e. The van der Waals surface area contributed by atoms with Crippen LogP contribution < -0.4 is 4.74 Å². The summed E-state index contributed by atoms with van der Waals surface area (Å²) in [7, 11) is -3.90. The fraction of sp³-hybridized carbons (Fsp3) is 0.361. The van der Waals surface area contributed by atoms with E-state index < -0.39 is 10.0 Å². The summed E-state index contributed by atoms with van der Waals surface area (Å²) in [6, 6.07) is 18.6. The molecule has 4 aromatic rings. The minimum atomic E-state index is -3.90. The predicted molar refractivity (Wildman–Crippen MR) is 174 cm³/mol. The molecule has 222 valence electrons. The molecule has 0 atom stereocenters. The van der Waals surface area contributed by atoms with Crippen molar-refractivity contribution in [2.75, 3.05) is 6.61 Å². The van der Waals surface area contributed by atoms with Crippen LogP contribution in [0, 0.1) is 0 Å². The van der Waals surface area contributed by atoms with Gasteiger partial charge in [-0.05, 0) is 77.3 Å². The van der Waals surface area contributed by atoms with Gasteiger partial charge in [0, 0.05) is 28.3 Å². The van der Waals surface area contributed by atoms with E-state index in [0.717, 1.165) is 63.7 Å². The predicted octanol–water partition coefficient (Wildman–Crippen LogP) is 8.92. The second-order valence-corrected chi connectivity index (χ2v) is 14.8. The lowest BCUT2D eigenvalue weighted by molar-refractivity contribution is -0.104. The number of carbonyl (C=O) groups excluding carboxylic acids is 1. The molecule has 0 amide bonds. The molecule has 5 nitrogen and oxygen atoms in total. The van der Waals surface area contributed by atoms with E-state index in [-0.39, 0.29) is 15.7 Å². The minimum Gasteiger partial charge on any atom is -0.493 e. The number of unbranched alkanes of at least 4 members (excludes halogenated alkanes) is 1. The summed E-state index contributed by atoms with van der Waals surface area (Å²) in [6.45, 7) is 17.7. The van der Waals surface area contributed by atoms with Crippen LogP contribution in [-0.2, 0) is 25.6 Å². The van der Waals surface area contributed by atoms with Gasteiger partial charge in [-0.3, -0.25) is 4.79 Å². The van der Waals surface area contributed by atoms with Gasteiger partial charge in [-0.2, -0.15) is 0 Å². The average molecular weight is 586 g/mol. The number of hydrogen-bond acceptors (Lipinski definition) is 4. The number of ether oxygens (including phenoxy) is 1. The van der Waals surface area contributed by atoms with Crippen LogP contribution in [-0.4, -0.2) is 25.3 Å². The Morgan fingerprint density at radius 1 is 0.905 bits per heavy atom. The molecule has 0 radical (unpaired) electrons. The summed E-state index contributed by atoms with van der Waals surface area (Å²) < 4.78 is 36.0. The van der Waals surface area contributed by atoms with Crippen molar-refractivity contribution in [1.82, 2.24) is 3.97 Å². The molecule has 0 saturated heterocycles. The Morgan fingerprint density at radius 3 is 2.19 bits per heavy atom. The normalized spacial score (nSPS) is 13.0. The number of nitrogens with zero attached hydrogens (tertiary/aromatic N) is 1. The number of carbonyl (C=O) groups is 1. The molecule has 3 aromatic carbocycles. The molecule has 0 saturated carbocycles. The zero-order valence-electron chi connectivity index (χ0n) is 26.1. The molecule has 0 spiro atoms. The largest absolute Gasteiger partial charge is 0.493 e. The van der Waals surface area contributed by atoms with Gasteiger partial charge in [0.05, 0.1) is 17.0 Å². The number of benzene rings is 3. The first-order valence-corrected chi connectivity index (χ1v) is 16.0. The Balaban J connectivity index is 2.16. The topological polar surface area (TPSA) is 65.4 Å². The maximum atomic E-state index is 14.0. The first-order valence-electron chi connectivity index (χ1n) is 14.6. The first kappa shape index (κ1) is 31.3. The molecule has 0 fully saturated rings. The Kier molecular flexibility index (Phi) is 8.89. The number of hydrogen-bond donors (Lipinski definition) is 0. The zero-order valence-corrected chi connectivity index (χ0v) is 26.9. The van der Waals surface area contributed by atoms with Crippen molar-refractivity contribution in [3.63, 3.8) is 0 Å². The number of aldehydes is 1. The van der Waals surface area contributed by atoms with Crippen LogP contribution in [0.3, 0.4) is 0 Å². The molecule has 0 N–H and O–H groups in total. The third-order valence-corrected chi connectivity index (χ3v) is 9.33. The molecule has 0 aliphatic carbocycles. The third-order valence-electron chi connectivity index (χ3n) is 7.64. The van der Waals surface area contributed by atoms with E-state index in [9.17, 15) is 13.2 Å². The molecule has 0 aliphatic rings. The summed E-state index contributed by atoms with van der Waals surface area (Å²) >= 11 is 0. The van der Waals surface area contributed by atoms with E-state index in [0.29, 0.717) is 12.1 Å². The summed E-state index contributed by atoms with van der Waals surface area (Å²) in [4.78, 5) is 11.5. The molecule has 0 unspecified atom stereocenters. The van der Waals surface area contributed by atoms with Gasteiger partial charge in [-0.1, -0.05) is 85.2 Å². The van der Waals surface area contributed by atoms with Gasteiger partial charge in [0.15, 0.2) is 0 Å². The van der Waals surface area contributed by atoms with Crippen LogP contribution in [0.4, 0.5) is 0 Å². The van der Waals surface area contributed by atoms with Crippen LogP contribution in [0.5, 0.6) is 5.75 Å². The van der Waals surface area contributed by atoms with Crippen molar-refractivity contribution in [2.24, 2.45) is 0 Å². The van der Waals surface area contributed by atoms with Gasteiger partial charge in [-0.25, -0.2) is 12.4 Å². The van der Waals surface area contributed by atoms with Gasteiger partial charge in [0.25, 0.3) is 10.0 Å². The zero-order chi connectivity index (χ0) is 30.9. The maximum Gasteiger partial charge on any atom is 0.268 e. The number of aromatic nitrogens is 1. The van der Waals surface area contributed by atoms with E-state index in [1.165, 1.54) is 10.0 Å². The average Bonchev–Trinajstić information content (AvgIpc) is 3.32. The quantitative estimate of drug-likeness (QED) is 0.112. The van der Waals surface area contributed by atoms with E-state index >= 15 is 0 Å². The van der Waals surface area contributed by atoms with E-state index in [1.807, 2.05) is 25.1 Å². The van der Waals surface area contributed by atoms with Crippen LogP contribution in [0.1, 0.15) is 84.9 Å². The van der Waals surface area contributed by atoms with Crippen molar-refractivity contribution < 1.29 is 17.9 Å². The Morgan fingerprint density at radius 2 is 1.60 bits per heavy atom. The monoisotopic (exact) mass is 585 g/mol. The van der Waals surface area contributed by atoms with Gasteiger partial charge in [0.1, 0.15) is 12.0 Å². The number of fused-ring (bicyclic) bond motifs is 1. The molecular formula is C36H43NO4S. The van der Waals surface area contributed by atoms with Crippen LogP contribution in [0.25, 0.3) is 27.6 Å². The molecule has 42 heavy (non-hydrogen) atoms. The first-order chi connectivity index (χ1) is 19.7. The van der Waals surface area contributed by atoms with Crippen LogP contribution >= 0.6 is 0 Å². The lowest BCUT2D eigenvalue weighted by Crippen LogP contribution is -2.19. The molecular weight excluding hydrogens is 542 g/mol. The molecule has 1 heterocycles. The Bertz CT molecular complexity index is 1730. The molecule has 1 aromatic heterocycles. The van der Waals surface area contributed by atoms with Gasteiger partial charge < -0.3 is 4.74 Å². The standard InChI is InChI=1S/C36H43NO4S/c1-9-10-20-41-34-30(22-27(35(3,4)5)23-32(34)36(6,7)8)31-24-37(42(39,40)28-14-12-11-13-15-28)33-17-16-26(21-29(31)33)25(2)18-19-38/h11-19,21-24H,9-10,20H2,1-8H3/b25-18+. The summed E-state index contributed by atoms with van der Waals surface area (Å²) in [5.74, 6) is 0.783. The van der Waals surface area contributed by atoms with E-state index in [4.69, 9.17) is 4.74 Å². The van der Waals surface area contributed by atoms with E-state index in [2.05, 4.69) is 60.6 Å². The maximum absolute atomic E-state index is 14.0. The fourth-order valence-electron chi connectivity index (χ4n) is 5.06. The highest BCUT2D eigenvalue weighted by Gasteiger charge is 2.29. The highest BCUT2D eigenvalue weighted by Crippen LogP contribution is 2.46. The van der Waals surface area contributed by atoms with Crippen molar-refractivity contribution in [3.8, 4) is 16.9 Å². The number of allylic oxidation sites excluding steroid dienone is 2. The second-order valence-electron chi connectivity index (χ2n) is 13.0. The second kappa shape index (κ2) is 11.9. The SMILES string of the molecule is CCCCOc1c(-c2cn(S(=O)(=O)c3ccccc3)c3ccc(/C(C)=C/C=O)cc23)cc(C(C)(C)C)cc1C(C)(C)C. The van der Waals surface area contributed by atoms with Gasteiger partial charge in [0.2, 0.25) is 0 Å². The fourth-order valence-corrected chi connectivity index (χ4v) is 6.45. The van der Waals surface area contributed by atoms with Crippen molar-refractivity contribution in [3.05, 3.63) is 89.6 Å². The minimum absolute atomic E-state index is 0.153. The van der Waals surface area contributed by atoms with Crippen molar-refractivity contribution >= 4 is 32.8 Å². The molecule has 4 rings (SSSR count). The Labute approximate surface area is 251 Å². The lowest BCUT2D eigenvalue weighted by Gasteiger charge is -2.29. The number of rotatable bonds is 9. The van der Waals surface area contributed by atoms with Crippen LogP contribution in [0.15, 0.2) is 77.8 Å². The van der Waals surface area contributed by atoms with Gasteiger partial charge in [-0.15, -0.1) is 0 Å². The third kappa shape index (κ3) is 6.24. The lowest BCUT2D eigenvalue weighted by atomic mass is 9.78. The van der Waals surface area contributed by atoms with Crippen LogP contribution in [0.2, 0.25) is 0 Å². The molecule has 0 bridgehead atoms. The highest BCUT2D eigenvalue weighted by atomic mass is 32.2. The summed E-state index contributed by atoms with van der Waals surface area (Å²) in [5.41, 5.74) is 5.70. The molecule has 0 aliphatic heterocycles. The molecule has 6 heteroatoms. The summed E-state index contributed by atoms with van der Waals surface area (Å²) in [5, 5.41) is 0.775. The van der Waals surface area contributed by atoms with Gasteiger partial charge >= 0.3 is 0 Å². The highest BCUT2D eigenvalue weighted by molar-refractivity contribution is 7.90. The van der Waals surface area contributed by atoms with Crippen molar-refractivity contribution in [1.29, 1.82) is 0 Å². The Hall–Kier alpha value is -3.64.